The second-order valence-electron chi connectivity index (χ2n) is 5.44. The summed E-state index contributed by atoms with van der Waals surface area (Å²) in [5, 5.41) is 6.54. The third-order valence-electron chi connectivity index (χ3n) is 3.66. The van der Waals surface area contributed by atoms with Crippen molar-refractivity contribution in [3.8, 4) is 5.75 Å². The molecular weight excluding hydrogens is 330 g/mol. The van der Waals surface area contributed by atoms with Gasteiger partial charge in [0.2, 0.25) is 5.91 Å². The molecule has 0 atom stereocenters. The van der Waals surface area contributed by atoms with E-state index in [-0.39, 0.29) is 17.7 Å². The van der Waals surface area contributed by atoms with Gasteiger partial charge in [-0.05, 0) is 43.5 Å². The zero-order chi connectivity index (χ0) is 17.4. The molecule has 3 N–H and O–H groups in total. The number of methoxy groups -OCH3 is 1. The molecule has 0 fully saturated rings. The van der Waals surface area contributed by atoms with Crippen LogP contribution in [-0.2, 0) is 4.79 Å². The normalized spacial score (nSPS) is 10.6. The van der Waals surface area contributed by atoms with E-state index in [9.17, 15) is 9.59 Å². The number of fused-ring (bicyclic) bond motifs is 1. The minimum Gasteiger partial charge on any atom is -0.497 e. The third-order valence-corrected chi connectivity index (χ3v) is 3.90. The molecule has 2 aromatic rings. The molecule has 1 aromatic carbocycles. The number of aromatic amines is 1. The number of benzene rings is 1. The number of nitrogens with one attached hydrogen (secondary N) is 3. The van der Waals surface area contributed by atoms with Crippen LogP contribution in [0.1, 0.15) is 29.8 Å². The fourth-order valence-electron chi connectivity index (χ4n) is 2.36. The van der Waals surface area contributed by atoms with Crippen LogP contribution in [-0.4, -0.2) is 42.9 Å². The van der Waals surface area contributed by atoms with E-state index in [2.05, 4.69) is 15.6 Å². The minimum atomic E-state index is -0.152. The Bertz CT molecular complexity index is 699. The van der Waals surface area contributed by atoms with Crippen LogP contribution in [0.15, 0.2) is 24.3 Å². The standard InChI is InChI=1S/C17H22ClN3O3/c1-24-13-5-6-14-12(9-13)10-15(21-14)17(23)20-8-4-2-3-7-19-16(22)11-18/h5-6,9-10,21H,2-4,7-8,11H2,1H3,(H,19,22)(H,20,23). The fourth-order valence-corrected chi connectivity index (χ4v) is 2.45. The predicted molar refractivity (Wildman–Crippen MR) is 94.8 cm³/mol. The Labute approximate surface area is 145 Å². The van der Waals surface area contributed by atoms with Crippen molar-refractivity contribution in [1.29, 1.82) is 0 Å². The van der Waals surface area contributed by atoms with Crippen LogP contribution in [0.4, 0.5) is 0 Å². The molecule has 0 aliphatic carbocycles. The van der Waals surface area contributed by atoms with E-state index in [1.807, 2.05) is 24.3 Å². The number of hydrogen-bond acceptors (Lipinski definition) is 3. The zero-order valence-electron chi connectivity index (χ0n) is 13.7. The first-order valence-corrected chi connectivity index (χ1v) is 8.45. The van der Waals surface area contributed by atoms with E-state index in [0.29, 0.717) is 18.8 Å². The quantitative estimate of drug-likeness (QED) is 0.479. The van der Waals surface area contributed by atoms with E-state index in [1.165, 1.54) is 0 Å². The molecule has 130 valence electrons. The highest BCUT2D eigenvalue weighted by Gasteiger charge is 2.09. The first-order chi connectivity index (χ1) is 11.6. The maximum Gasteiger partial charge on any atom is 0.267 e. The molecule has 7 heteroatoms. The molecule has 0 radical (unpaired) electrons. The predicted octanol–water partition coefficient (Wildman–Crippen LogP) is 2.43. The Balaban J connectivity index is 1.72. The maximum atomic E-state index is 12.1. The van der Waals surface area contributed by atoms with Gasteiger partial charge in [0.15, 0.2) is 0 Å². The summed E-state index contributed by atoms with van der Waals surface area (Å²) in [7, 11) is 1.61. The largest absolute Gasteiger partial charge is 0.497 e. The highest BCUT2D eigenvalue weighted by molar-refractivity contribution is 6.27. The monoisotopic (exact) mass is 351 g/mol. The molecule has 2 amide bonds. The van der Waals surface area contributed by atoms with Crippen LogP contribution in [0, 0.1) is 0 Å². The van der Waals surface area contributed by atoms with Gasteiger partial charge in [0, 0.05) is 24.0 Å². The summed E-state index contributed by atoms with van der Waals surface area (Å²) in [6.45, 7) is 1.21. The average molecular weight is 352 g/mol. The maximum absolute atomic E-state index is 12.1. The minimum absolute atomic E-state index is 0.00751. The van der Waals surface area contributed by atoms with Gasteiger partial charge < -0.3 is 20.4 Å². The summed E-state index contributed by atoms with van der Waals surface area (Å²) in [6, 6.07) is 7.44. The van der Waals surface area contributed by atoms with Crippen molar-refractivity contribution >= 4 is 34.3 Å². The van der Waals surface area contributed by atoms with Gasteiger partial charge in [-0.3, -0.25) is 9.59 Å². The molecule has 0 spiro atoms. The number of aromatic nitrogens is 1. The Morgan fingerprint density at radius 2 is 1.88 bits per heavy atom. The van der Waals surface area contributed by atoms with Crippen molar-refractivity contribution in [2.24, 2.45) is 0 Å². The Morgan fingerprint density at radius 1 is 1.12 bits per heavy atom. The van der Waals surface area contributed by atoms with Gasteiger partial charge >= 0.3 is 0 Å². The lowest BCUT2D eigenvalue weighted by Gasteiger charge is -2.04. The van der Waals surface area contributed by atoms with Crippen molar-refractivity contribution in [3.05, 3.63) is 30.0 Å². The summed E-state index contributed by atoms with van der Waals surface area (Å²) in [5.74, 6) is 0.475. The van der Waals surface area contributed by atoms with Crippen LogP contribution in [0.5, 0.6) is 5.75 Å². The van der Waals surface area contributed by atoms with Crippen LogP contribution >= 0.6 is 11.6 Å². The van der Waals surface area contributed by atoms with Crippen molar-refractivity contribution in [1.82, 2.24) is 15.6 Å². The van der Waals surface area contributed by atoms with Gasteiger partial charge in [0.1, 0.15) is 17.3 Å². The average Bonchev–Trinajstić information content (AvgIpc) is 3.03. The number of alkyl halides is 1. The summed E-state index contributed by atoms with van der Waals surface area (Å²) >= 11 is 5.38. The van der Waals surface area contributed by atoms with E-state index >= 15 is 0 Å². The SMILES string of the molecule is COc1ccc2[nH]c(C(=O)NCCCCCNC(=O)CCl)cc2c1. The van der Waals surface area contributed by atoms with Gasteiger partial charge in [0.05, 0.1) is 7.11 Å². The fraction of sp³-hybridized carbons (Fsp3) is 0.412. The molecule has 1 aromatic heterocycles. The van der Waals surface area contributed by atoms with Crippen molar-refractivity contribution in [2.75, 3.05) is 26.1 Å². The van der Waals surface area contributed by atoms with Crippen LogP contribution < -0.4 is 15.4 Å². The summed E-state index contributed by atoms with van der Waals surface area (Å²) in [6.07, 6.45) is 2.65. The highest BCUT2D eigenvalue weighted by Crippen LogP contribution is 2.21. The molecule has 2 rings (SSSR count). The van der Waals surface area contributed by atoms with Gasteiger partial charge in [-0.15, -0.1) is 11.6 Å². The lowest BCUT2D eigenvalue weighted by Crippen LogP contribution is -2.26. The molecule has 0 aliphatic rings. The van der Waals surface area contributed by atoms with Crippen molar-refractivity contribution in [2.45, 2.75) is 19.3 Å². The van der Waals surface area contributed by atoms with Crippen LogP contribution in [0.25, 0.3) is 10.9 Å². The molecule has 24 heavy (non-hydrogen) atoms. The molecular formula is C17H22ClN3O3. The number of unbranched alkanes of at least 4 members (excludes halogenated alkanes) is 2. The van der Waals surface area contributed by atoms with Crippen LogP contribution in [0.3, 0.4) is 0 Å². The number of ether oxygens (including phenoxy) is 1. The first-order valence-electron chi connectivity index (χ1n) is 7.91. The van der Waals surface area contributed by atoms with Crippen molar-refractivity contribution < 1.29 is 14.3 Å². The number of rotatable bonds is 9. The first kappa shape index (κ1) is 18.1. The van der Waals surface area contributed by atoms with Gasteiger partial charge in [-0.2, -0.15) is 0 Å². The number of H-pyrrole nitrogens is 1. The second kappa shape index (κ2) is 9.17. The molecule has 0 aliphatic heterocycles. The molecule has 1 heterocycles. The molecule has 6 nitrogen and oxygen atoms in total. The van der Waals surface area contributed by atoms with Gasteiger partial charge in [-0.25, -0.2) is 0 Å². The Morgan fingerprint density at radius 3 is 2.58 bits per heavy atom. The smallest absolute Gasteiger partial charge is 0.267 e. The molecule has 0 unspecified atom stereocenters. The van der Waals surface area contributed by atoms with E-state index in [0.717, 1.165) is 35.9 Å². The number of hydrogen-bond donors (Lipinski definition) is 3. The summed E-state index contributed by atoms with van der Waals surface area (Å²) < 4.78 is 5.18. The second-order valence-corrected chi connectivity index (χ2v) is 5.70. The number of halogens is 1. The van der Waals surface area contributed by atoms with E-state index in [4.69, 9.17) is 16.3 Å². The lowest BCUT2D eigenvalue weighted by molar-refractivity contribution is -0.118. The van der Waals surface area contributed by atoms with Crippen molar-refractivity contribution in [3.63, 3.8) is 0 Å². The topological polar surface area (TPSA) is 83.2 Å². The summed E-state index contributed by atoms with van der Waals surface area (Å²) in [5.41, 5.74) is 1.43. The Kier molecular flexibility index (Phi) is 6.93. The van der Waals surface area contributed by atoms with E-state index < -0.39 is 0 Å². The van der Waals surface area contributed by atoms with Gasteiger partial charge in [0.25, 0.3) is 5.91 Å². The zero-order valence-corrected chi connectivity index (χ0v) is 14.4. The number of carbonyl (C=O) groups excluding carboxylic acids is 2. The van der Waals surface area contributed by atoms with Gasteiger partial charge in [-0.1, -0.05) is 0 Å². The Hall–Kier alpha value is -2.21. The molecule has 0 saturated heterocycles. The highest BCUT2D eigenvalue weighted by atomic mass is 35.5. The molecule has 0 saturated carbocycles. The third kappa shape index (κ3) is 5.16. The van der Waals surface area contributed by atoms with Crippen LogP contribution in [0.2, 0.25) is 0 Å². The number of amides is 2. The number of carbonyl (C=O) groups is 2. The lowest BCUT2D eigenvalue weighted by atomic mass is 10.2. The van der Waals surface area contributed by atoms with E-state index in [1.54, 1.807) is 7.11 Å². The summed E-state index contributed by atoms with van der Waals surface area (Å²) in [4.78, 5) is 26.2. The molecule has 0 bridgehead atoms.